The Bertz CT molecular complexity index is 209. The van der Waals surface area contributed by atoms with Gasteiger partial charge in [-0.05, 0) is 46.7 Å². The standard InChI is InChI=1S/C13H30N2O3Si/c1-4-16-19(17-5-2,18-6-3)12-8-11-15-10-7-9-14-13-15/h14H,4-13H2,1-3H3. The van der Waals surface area contributed by atoms with Gasteiger partial charge in [0.25, 0.3) is 0 Å². The summed E-state index contributed by atoms with van der Waals surface area (Å²) < 4.78 is 17.6. The van der Waals surface area contributed by atoms with Crippen LogP contribution >= 0.6 is 0 Å². The highest BCUT2D eigenvalue weighted by Gasteiger charge is 2.39. The second-order valence-electron chi connectivity index (χ2n) is 4.72. The van der Waals surface area contributed by atoms with Gasteiger partial charge < -0.3 is 18.6 Å². The molecule has 0 unspecified atom stereocenters. The molecule has 19 heavy (non-hydrogen) atoms. The van der Waals surface area contributed by atoms with Crippen LogP contribution in [0.4, 0.5) is 0 Å². The summed E-state index contributed by atoms with van der Waals surface area (Å²) in [6.45, 7) is 12.5. The molecule has 0 amide bonds. The third-order valence-corrected chi connectivity index (χ3v) is 6.36. The maximum absolute atomic E-state index is 5.86. The first-order chi connectivity index (χ1) is 9.26. The molecule has 0 aromatic heterocycles. The summed E-state index contributed by atoms with van der Waals surface area (Å²) in [6.07, 6.45) is 2.32. The topological polar surface area (TPSA) is 43.0 Å². The van der Waals surface area contributed by atoms with Crippen LogP contribution in [0.3, 0.4) is 0 Å². The molecule has 1 heterocycles. The summed E-state index contributed by atoms with van der Waals surface area (Å²) in [5, 5.41) is 3.40. The van der Waals surface area contributed by atoms with Crippen molar-refractivity contribution in [1.82, 2.24) is 10.2 Å². The fourth-order valence-corrected chi connectivity index (χ4v) is 5.05. The maximum Gasteiger partial charge on any atom is 0.500 e. The Kier molecular flexibility index (Phi) is 8.85. The van der Waals surface area contributed by atoms with Crippen molar-refractivity contribution in [2.75, 3.05) is 46.1 Å². The van der Waals surface area contributed by atoms with E-state index in [0.29, 0.717) is 19.8 Å². The van der Waals surface area contributed by atoms with Crippen molar-refractivity contribution >= 4 is 8.80 Å². The molecule has 0 saturated carbocycles. The third-order valence-electron chi connectivity index (χ3n) is 3.21. The quantitative estimate of drug-likeness (QED) is 0.620. The summed E-state index contributed by atoms with van der Waals surface area (Å²) in [4.78, 5) is 2.45. The van der Waals surface area contributed by atoms with E-state index in [1.54, 1.807) is 0 Å². The summed E-state index contributed by atoms with van der Waals surface area (Å²) in [7, 11) is -2.43. The van der Waals surface area contributed by atoms with E-state index in [-0.39, 0.29) is 0 Å². The Morgan fingerprint density at radius 2 is 1.68 bits per heavy atom. The lowest BCUT2D eigenvalue weighted by atomic mass is 10.3. The van der Waals surface area contributed by atoms with E-state index in [9.17, 15) is 0 Å². The molecule has 0 atom stereocenters. The molecule has 0 aliphatic carbocycles. The van der Waals surface area contributed by atoms with Gasteiger partial charge in [0.1, 0.15) is 0 Å². The average Bonchev–Trinajstić information content (AvgIpc) is 2.41. The highest BCUT2D eigenvalue weighted by Crippen LogP contribution is 2.18. The number of nitrogens with zero attached hydrogens (tertiary/aromatic N) is 1. The van der Waals surface area contributed by atoms with Crippen molar-refractivity contribution in [3.05, 3.63) is 0 Å². The smallest absolute Gasteiger partial charge is 0.374 e. The summed E-state index contributed by atoms with van der Waals surface area (Å²) >= 11 is 0. The zero-order chi connectivity index (χ0) is 14.0. The van der Waals surface area contributed by atoms with Crippen molar-refractivity contribution in [2.45, 2.75) is 39.7 Å². The van der Waals surface area contributed by atoms with Crippen LogP contribution in [0.5, 0.6) is 0 Å². The highest BCUT2D eigenvalue weighted by atomic mass is 28.4. The zero-order valence-corrected chi connectivity index (χ0v) is 13.7. The maximum atomic E-state index is 5.86. The fourth-order valence-electron chi connectivity index (χ4n) is 2.46. The average molecular weight is 290 g/mol. The van der Waals surface area contributed by atoms with Gasteiger partial charge in [-0.3, -0.25) is 4.90 Å². The van der Waals surface area contributed by atoms with Gasteiger partial charge in [0.05, 0.1) is 0 Å². The molecule has 1 saturated heterocycles. The molecule has 1 rings (SSSR count). The van der Waals surface area contributed by atoms with E-state index in [1.807, 2.05) is 20.8 Å². The summed E-state index contributed by atoms with van der Waals surface area (Å²) in [5.41, 5.74) is 0. The van der Waals surface area contributed by atoms with Crippen LogP contribution < -0.4 is 5.32 Å². The van der Waals surface area contributed by atoms with Gasteiger partial charge in [0.2, 0.25) is 0 Å². The molecule has 1 aliphatic heterocycles. The van der Waals surface area contributed by atoms with Gasteiger partial charge >= 0.3 is 8.80 Å². The lowest BCUT2D eigenvalue weighted by Gasteiger charge is -2.31. The van der Waals surface area contributed by atoms with Crippen molar-refractivity contribution in [3.63, 3.8) is 0 Å². The van der Waals surface area contributed by atoms with E-state index in [0.717, 1.165) is 32.2 Å². The van der Waals surface area contributed by atoms with E-state index >= 15 is 0 Å². The Morgan fingerprint density at radius 3 is 2.16 bits per heavy atom. The molecule has 6 heteroatoms. The largest absolute Gasteiger partial charge is 0.500 e. The molecule has 5 nitrogen and oxygen atoms in total. The number of hydrogen-bond acceptors (Lipinski definition) is 5. The summed E-state index contributed by atoms with van der Waals surface area (Å²) in [5.74, 6) is 0. The minimum Gasteiger partial charge on any atom is -0.374 e. The molecule has 0 aromatic carbocycles. The van der Waals surface area contributed by atoms with Crippen molar-refractivity contribution in [3.8, 4) is 0 Å². The molecule has 0 radical (unpaired) electrons. The van der Waals surface area contributed by atoms with Crippen LogP contribution in [0.25, 0.3) is 0 Å². The first-order valence-electron chi connectivity index (χ1n) is 7.61. The predicted octanol–water partition coefficient (Wildman–Crippen LogP) is 1.68. The van der Waals surface area contributed by atoms with E-state index < -0.39 is 8.80 Å². The Labute approximate surface area is 119 Å². The van der Waals surface area contributed by atoms with Crippen LogP contribution in [0, 0.1) is 0 Å². The SMILES string of the molecule is CCO[Si](CCCN1CCCNC1)(OCC)OCC. The first kappa shape index (κ1) is 17.1. The number of hydrogen-bond donors (Lipinski definition) is 1. The monoisotopic (exact) mass is 290 g/mol. The molecule has 1 aliphatic rings. The Balaban J connectivity index is 2.36. The van der Waals surface area contributed by atoms with Crippen LogP contribution in [0.1, 0.15) is 33.6 Å². The summed E-state index contributed by atoms with van der Waals surface area (Å²) in [6, 6.07) is 0.916. The Hall–Kier alpha value is 0.0169. The number of rotatable bonds is 10. The number of nitrogens with one attached hydrogen (secondary N) is 1. The van der Waals surface area contributed by atoms with Crippen LogP contribution in [-0.4, -0.2) is 59.8 Å². The lowest BCUT2D eigenvalue weighted by molar-refractivity contribution is 0.0695. The normalized spacial score (nSPS) is 17.8. The second-order valence-corrected chi connectivity index (χ2v) is 7.45. The molecular weight excluding hydrogens is 260 g/mol. The molecule has 1 fully saturated rings. The minimum atomic E-state index is -2.43. The van der Waals surface area contributed by atoms with Crippen molar-refractivity contribution < 1.29 is 13.3 Å². The lowest BCUT2D eigenvalue weighted by Crippen LogP contribution is -2.47. The van der Waals surface area contributed by atoms with E-state index in [4.69, 9.17) is 13.3 Å². The molecule has 114 valence electrons. The molecule has 1 N–H and O–H groups in total. The zero-order valence-electron chi connectivity index (χ0n) is 12.7. The van der Waals surface area contributed by atoms with Gasteiger partial charge in [-0.15, -0.1) is 0 Å². The second kappa shape index (κ2) is 9.85. The molecule has 0 bridgehead atoms. The molecular formula is C13H30N2O3Si. The van der Waals surface area contributed by atoms with Crippen molar-refractivity contribution in [1.29, 1.82) is 0 Å². The van der Waals surface area contributed by atoms with Gasteiger partial charge in [0, 0.05) is 39.1 Å². The van der Waals surface area contributed by atoms with Gasteiger partial charge in [0.15, 0.2) is 0 Å². The molecule has 0 spiro atoms. The van der Waals surface area contributed by atoms with Crippen LogP contribution in [-0.2, 0) is 13.3 Å². The third kappa shape index (κ3) is 6.33. The molecule has 0 aromatic rings. The fraction of sp³-hybridized carbons (Fsp3) is 1.00. The van der Waals surface area contributed by atoms with Crippen LogP contribution in [0.15, 0.2) is 0 Å². The van der Waals surface area contributed by atoms with E-state index in [2.05, 4.69) is 10.2 Å². The van der Waals surface area contributed by atoms with Gasteiger partial charge in [-0.1, -0.05) is 0 Å². The van der Waals surface area contributed by atoms with Crippen molar-refractivity contribution in [2.24, 2.45) is 0 Å². The highest BCUT2D eigenvalue weighted by molar-refractivity contribution is 6.60. The van der Waals surface area contributed by atoms with Crippen LogP contribution in [0.2, 0.25) is 6.04 Å². The minimum absolute atomic E-state index is 0.664. The Morgan fingerprint density at radius 1 is 1.05 bits per heavy atom. The van der Waals surface area contributed by atoms with Gasteiger partial charge in [-0.2, -0.15) is 0 Å². The predicted molar refractivity (Wildman–Crippen MR) is 79.1 cm³/mol. The first-order valence-corrected chi connectivity index (χ1v) is 9.54. The van der Waals surface area contributed by atoms with E-state index in [1.165, 1.54) is 13.0 Å². The van der Waals surface area contributed by atoms with Gasteiger partial charge in [-0.25, -0.2) is 0 Å².